The lowest BCUT2D eigenvalue weighted by atomic mass is 10.1. The minimum Gasteiger partial charge on any atom is -0.300 e. The summed E-state index contributed by atoms with van der Waals surface area (Å²) in [7, 11) is 0. The molecular formula is C14H16Cl2N6O. The Morgan fingerprint density at radius 2 is 1.65 bits per heavy atom. The Morgan fingerprint density at radius 1 is 1.00 bits per heavy atom. The van der Waals surface area contributed by atoms with Crippen molar-refractivity contribution in [2.75, 3.05) is 11.0 Å². The lowest BCUT2D eigenvalue weighted by Crippen LogP contribution is -2.46. The van der Waals surface area contributed by atoms with Gasteiger partial charge in [-0.05, 0) is 39.0 Å². The fraction of sp³-hybridized carbons (Fsp3) is 0.286. The van der Waals surface area contributed by atoms with Crippen LogP contribution in [0, 0.1) is 10.8 Å². The van der Waals surface area contributed by atoms with Gasteiger partial charge in [0.1, 0.15) is 0 Å². The van der Waals surface area contributed by atoms with Crippen molar-refractivity contribution in [3.8, 4) is 5.69 Å². The van der Waals surface area contributed by atoms with Crippen LogP contribution in [0.5, 0.6) is 0 Å². The van der Waals surface area contributed by atoms with Crippen molar-refractivity contribution in [3.05, 3.63) is 39.2 Å². The van der Waals surface area contributed by atoms with E-state index in [1.165, 1.54) is 0 Å². The summed E-state index contributed by atoms with van der Waals surface area (Å²) < 4.78 is 3.24. The van der Waals surface area contributed by atoms with Crippen molar-refractivity contribution in [2.45, 2.75) is 26.3 Å². The molecule has 7 nitrogen and oxygen atoms in total. The average molecular weight is 355 g/mol. The fourth-order valence-corrected chi connectivity index (χ4v) is 2.80. The van der Waals surface area contributed by atoms with Crippen LogP contribution in [-0.2, 0) is 10.5 Å². The zero-order valence-electron chi connectivity index (χ0n) is 12.8. The molecule has 0 saturated carbocycles. The molecule has 9 heteroatoms. The van der Waals surface area contributed by atoms with Gasteiger partial charge < -0.3 is 0 Å². The first kappa shape index (κ1) is 15.9. The van der Waals surface area contributed by atoms with Crippen molar-refractivity contribution in [1.82, 2.24) is 9.13 Å². The second kappa shape index (κ2) is 5.30. The SMILES string of the molecule is CC(C)(C)n1c2c(n(-c3ccc(Cl)c(Cl)c3)c(=N)c1=N)NON2. The highest BCUT2D eigenvalue weighted by atomic mass is 35.5. The van der Waals surface area contributed by atoms with E-state index in [1.54, 1.807) is 27.3 Å². The third-order valence-corrected chi connectivity index (χ3v) is 4.21. The van der Waals surface area contributed by atoms with Crippen molar-refractivity contribution < 1.29 is 4.94 Å². The molecule has 4 N–H and O–H groups in total. The van der Waals surface area contributed by atoms with Gasteiger partial charge in [0.2, 0.25) is 0 Å². The largest absolute Gasteiger partial charge is 0.300 e. The number of nitrogens with one attached hydrogen (secondary N) is 4. The molecule has 1 aromatic carbocycles. The van der Waals surface area contributed by atoms with Crippen LogP contribution in [0.4, 0.5) is 11.6 Å². The molecule has 2 aromatic rings. The molecule has 0 aliphatic carbocycles. The number of fused-ring (bicyclic) bond motifs is 1. The molecule has 1 aliphatic rings. The molecular weight excluding hydrogens is 339 g/mol. The summed E-state index contributed by atoms with van der Waals surface area (Å²) in [4.78, 5) is 5.11. The monoisotopic (exact) mass is 354 g/mol. The summed E-state index contributed by atoms with van der Waals surface area (Å²) in [5.41, 5.74) is 5.72. The van der Waals surface area contributed by atoms with Crippen LogP contribution in [0.15, 0.2) is 18.2 Å². The van der Waals surface area contributed by atoms with Crippen molar-refractivity contribution in [2.24, 2.45) is 0 Å². The van der Waals surface area contributed by atoms with Gasteiger partial charge in [-0.2, -0.15) is 4.94 Å². The zero-order valence-corrected chi connectivity index (χ0v) is 14.3. The number of aromatic nitrogens is 2. The Bertz CT molecular complexity index is 909. The van der Waals surface area contributed by atoms with E-state index in [9.17, 15) is 0 Å². The molecule has 0 unspecified atom stereocenters. The molecule has 0 amide bonds. The van der Waals surface area contributed by atoms with E-state index in [0.717, 1.165) is 0 Å². The number of hydrogen-bond donors (Lipinski definition) is 4. The van der Waals surface area contributed by atoms with E-state index in [2.05, 4.69) is 11.0 Å². The number of nitrogens with zero attached hydrogens (tertiary/aromatic N) is 2. The van der Waals surface area contributed by atoms with E-state index < -0.39 is 5.54 Å². The van der Waals surface area contributed by atoms with Crippen molar-refractivity contribution in [1.29, 1.82) is 10.8 Å². The molecule has 23 heavy (non-hydrogen) atoms. The van der Waals surface area contributed by atoms with Gasteiger partial charge in [0.25, 0.3) is 0 Å². The summed E-state index contributed by atoms with van der Waals surface area (Å²) in [6.07, 6.45) is 0. The molecule has 2 heterocycles. The minimum atomic E-state index is -0.407. The van der Waals surface area contributed by atoms with Crippen LogP contribution >= 0.6 is 23.2 Å². The van der Waals surface area contributed by atoms with Crippen molar-refractivity contribution >= 4 is 34.8 Å². The van der Waals surface area contributed by atoms with Crippen LogP contribution < -0.4 is 21.9 Å². The van der Waals surface area contributed by atoms with Gasteiger partial charge in [-0.15, -0.1) is 0 Å². The maximum absolute atomic E-state index is 8.40. The van der Waals surface area contributed by atoms with Gasteiger partial charge in [0, 0.05) is 5.54 Å². The Kier molecular flexibility index (Phi) is 3.66. The average Bonchev–Trinajstić information content (AvgIpc) is 2.90. The molecule has 1 aromatic heterocycles. The van der Waals surface area contributed by atoms with Gasteiger partial charge in [-0.25, -0.2) is 11.0 Å². The first-order chi connectivity index (χ1) is 10.7. The maximum Gasteiger partial charge on any atom is 0.182 e. The van der Waals surface area contributed by atoms with E-state index >= 15 is 0 Å². The van der Waals surface area contributed by atoms with Crippen LogP contribution in [0.1, 0.15) is 20.8 Å². The Morgan fingerprint density at radius 3 is 2.26 bits per heavy atom. The Balaban J connectivity index is 2.39. The van der Waals surface area contributed by atoms with Crippen LogP contribution in [0.25, 0.3) is 5.69 Å². The van der Waals surface area contributed by atoms with E-state index in [1.807, 2.05) is 20.8 Å². The Labute approximate surface area is 142 Å². The predicted molar refractivity (Wildman–Crippen MR) is 88.8 cm³/mol. The third kappa shape index (κ3) is 2.50. The van der Waals surface area contributed by atoms with Gasteiger partial charge in [-0.3, -0.25) is 20.0 Å². The molecule has 1 aliphatic heterocycles. The van der Waals surface area contributed by atoms with Gasteiger partial charge in [0.15, 0.2) is 22.6 Å². The van der Waals surface area contributed by atoms with E-state index in [-0.39, 0.29) is 11.0 Å². The molecule has 0 atom stereocenters. The summed E-state index contributed by atoms with van der Waals surface area (Å²) in [6, 6.07) is 5.02. The molecule has 0 saturated heterocycles. The molecule has 0 spiro atoms. The standard InChI is InChI=1S/C14H16Cl2N6O/c1-14(2,3)22-11(18)10(17)21(12-13(22)20-23-19-12)7-4-5-8(15)9(16)6-7/h4-6,17-20H,1-3H3. The number of hydrogen-bond acceptors (Lipinski definition) is 5. The van der Waals surface area contributed by atoms with E-state index in [0.29, 0.717) is 27.4 Å². The second-order valence-corrected chi connectivity index (χ2v) is 6.96. The lowest BCUT2D eigenvalue weighted by molar-refractivity contribution is 0.274. The smallest absolute Gasteiger partial charge is 0.182 e. The summed E-state index contributed by atoms with van der Waals surface area (Å²) in [5.74, 6) is 1.07. The normalized spacial score (nSPS) is 13.4. The molecule has 122 valence electrons. The number of rotatable bonds is 1. The summed E-state index contributed by atoms with van der Waals surface area (Å²) in [6.45, 7) is 5.86. The van der Waals surface area contributed by atoms with Gasteiger partial charge >= 0.3 is 0 Å². The molecule has 0 radical (unpaired) electrons. The number of anilines is 2. The molecule has 3 rings (SSSR count). The zero-order chi connectivity index (χ0) is 16.9. The maximum atomic E-state index is 8.40. The predicted octanol–water partition coefficient (Wildman–Crippen LogP) is 2.98. The Hall–Kier alpha value is -1.96. The number of halogens is 2. The second-order valence-electron chi connectivity index (χ2n) is 6.14. The molecule has 0 bridgehead atoms. The third-order valence-electron chi connectivity index (χ3n) is 3.47. The van der Waals surface area contributed by atoms with Crippen LogP contribution in [-0.4, -0.2) is 9.13 Å². The summed E-state index contributed by atoms with van der Waals surface area (Å²) >= 11 is 12.0. The van der Waals surface area contributed by atoms with Gasteiger partial charge in [-0.1, -0.05) is 23.2 Å². The highest BCUT2D eigenvalue weighted by molar-refractivity contribution is 6.42. The first-order valence-corrected chi connectivity index (χ1v) is 7.62. The minimum absolute atomic E-state index is 0.00290. The van der Waals surface area contributed by atoms with Crippen LogP contribution in [0.2, 0.25) is 10.0 Å². The lowest BCUT2D eigenvalue weighted by Gasteiger charge is -2.27. The van der Waals surface area contributed by atoms with E-state index in [4.69, 9.17) is 39.0 Å². The van der Waals surface area contributed by atoms with Crippen molar-refractivity contribution in [3.63, 3.8) is 0 Å². The topological polar surface area (TPSA) is 90.9 Å². The highest BCUT2D eigenvalue weighted by Crippen LogP contribution is 2.31. The first-order valence-electron chi connectivity index (χ1n) is 6.87. The number of benzene rings is 1. The summed E-state index contributed by atoms with van der Waals surface area (Å²) in [5, 5.41) is 17.6. The highest BCUT2D eigenvalue weighted by Gasteiger charge is 2.27. The fourth-order valence-electron chi connectivity index (χ4n) is 2.51. The van der Waals surface area contributed by atoms with Crippen LogP contribution in [0.3, 0.4) is 0 Å². The van der Waals surface area contributed by atoms with Gasteiger partial charge in [0.05, 0.1) is 15.7 Å². The quantitative estimate of drug-likeness (QED) is 0.634. The molecule has 0 fully saturated rings.